The fourth-order valence-corrected chi connectivity index (χ4v) is 1.11. The van der Waals surface area contributed by atoms with Gasteiger partial charge in [-0.3, -0.25) is 0 Å². The normalized spacial score (nSPS) is 9.23. The lowest BCUT2D eigenvalue weighted by Gasteiger charge is -2.19. The lowest BCUT2D eigenvalue weighted by Crippen LogP contribution is -2.23. The Morgan fingerprint density at radius 3 is 2.38 bits per heavy atom. The van der Waals surface area contributed by atoms with Crippen LogP contribution < -0.4 is 4.90 Å². The monoisotopic (exact) mass is 174 g/mol. The Balaban J connectivity index is 2.75. The van der Waals surface area contributed by atoms with Gasteiger partial charge in [0.15, 0.2) is 0 Å². The van der Waals surface area contributed by atoms with Crippen LogP contribution in [0.25, 0.3) is 0 Å². The van der Waals surface area contributed by atoms with E-state index in [9.17, 15) is 0 Å². The number of anilines is 1. The number of pyridine rings is 1. The van der Waals surface area contributed by atoms with Crippen LogP contribution in [0.1, 0.15) is 0 Å². The lowest BCUT2D eigenvalue weighted by molar-refractivity contribution is 0.926. The molecule has 1 heterocycles. The maximum atomic E-state index is 4.25. The van der Waals surface area contributed by atoms with Crippen LogP contribution in [0.2, 0.25) is 0 Å². The molecule has 0 bridgehead atoms. The van der Waals surface area contributed by atoms with E-state index < -0.39 is 0 Å². The number of aromatic nitrogens is 1. The van der Waals surface area contributed by atoms with E-state index in [4.69, 9.17) is 0 Å². The molecular formula is C11H14N2. The zero-order chi connectivity index (χ0) is 9.52. The van der Waals surface area contributed by atoms with E-state index in [1.165, 1.54) is 0 Å². The summed E-state index contributed by atoms with van der Waals surface area (Å²) in [7, 11) is 0. The third kappa shape index (κ3) is 2.75. The molecule has 68 valence electrons. The van der Waals surface area contributed by atoms with Gasteiger partial charge in [0.1, 0.15) is 5.82 Å². The fraction of sp³-hybridized carbons (Fsp3) is 0.182. The van der Waals surface area contributed by atoms with Crippen molar-refractivity contribution in [2.45, 2.75) is 0 Å². The van der Waals surface area contributed by atoms with Crippen molar-refractivity contribution < 1.29 is 0 Å². The molecule has 0 radical (unpaired) electrons. The predicted octanol–water partition coefficient (Wildman–Crippen LogP) is 2.26. The van der Waals surface area contributed by atoms with E-state index in [1.54, 1.807) is 6.20 Å². The van der Waals surface area contributed by atoms with E-state index in [1.807, 2.05) is 30.4 Å². The van der Waals surface area contributed by atoms with Crippen molar-refractivity contribution in [2.75, 3.05) is 18.0 Å². The minimum absolute atomic E-state index is 0.795. The maximum absolute atomic E-state index is 4.25. The van der Waals surface area contributed by atoms with Crippen molar-refractivity contribution in [1.82, 2.24) is 4.98 Å². The highest BCUT2D eigenvalue weighted by atomic mass is 15.2. The maximum Gasteiger partial charge on any atom is 0.129 e. The second-order valence-electron chi connectivity index (χ2n) is 2.67. The SMILES string of the molecule is C=CCN(CC=C)c1ccccn1. The van der Waals surface area contributed by atoms with E-state index in [-0.39, 0.29) is 0 Å². The molecular weight excluding hydrogens is 160 g/mol. The van der Waals surface area contributed by atoms with Crippen LogP contribution in [0.5, 0.6) is 0 Å². The highest BCUT2D eigenvalue weighted by molar-refractivity contribution is 5.39. The molecule has 0 spiro atoms. The summed E-state index contributed by atoms with van der Waals surface area (Å²) in [5.41, 5.74) is 0. The van der Waals surface area contributed by atoms with E-state index in [0.29, 0.717) is 0 Å². The first-order valence-corrected chi connectivity index (χ1v) is 4.26. The number of nitrogens with zero attached hydrogens (tertiary/aromatic N) is 2. The van der Waals surface area contributed by atoms with Gasteiger partial charge < -0.3 is 4.90 Å². The van der Waals surface area contributed by atoms with Gasteiger partial charge in [-0.2, -0.15) is 0 Å². The van der Waals surface area contributed by atoms with Crippen LogP contribution in [-0.2, 0) is 0 Å². The van der Waals surface area contributed by atoms with Crippen LogP contribution in [-0.4, -0.2) is 18.1 Å². The number of hydrogen-bond acceptors (Lipinski definition) is 2. The summed E-state index contributed by atoms with van der Waals surface area (Å²) in [6.45, 7) is 9.00. The van der Waals surface area contributed by atoms with Crippen LogP contribution >= 0.6 is 0 Å². The quantitative estimate of drug-likeness (QED) is 0.636. The van der Waals surface area contributed by atoms with Gasteiger partial charge in [0.05, 0.1) is 0 Å². The molecule has 1 aromatic rings. The summed E-state index contributed by atoms with van der Waals surface area (Å²) in [5, 5.41) is 0. The molecule has 0 aromatic carbocycles. The Morgan fingerprint density at radius 1 is 1.23 bits per heavy atom. The average molecular weight is 174 g/mol. The standard InChI is InChI=1S/C11H14N2/c1-3-9-13(10-4-2)11-7-5-6-8-12-11/h3-8H,1-2,9-10H2. The highest BCUT2D eigenvalue weighted by Crippen LogP contribution is 2.08. The van der Waals surface area contributed by atoms with Crippen LogP contribution in [0.4, 0.5) is 5.82 Å². The summed E-state index contributed by atoms with van der Waals surface area (Å²) in [6.07, 6.45) is 5.50. The first-order valence-electron chi connectivity index (χ1n) is 4.26. The predicted molar refractivity (Wildman–Crippen MR) is 56.8 cm³/mol. The van der Waals surface area contributed by atoms with Gasteiger partial charge in [-0.05, 0) is 12.1 Å². The van der Waals surface area contributed by atoms with Crippen LogP contribution in [0.3, 0.4) is 0 Å². The molecule has 0 fully saturated rings. The number of hydrogen-bond donors (Lipinski definition) is 0. The lowest BCUT2D eigenvalue weighted by atomic mass is 10.4. The summed E-state index contributed by atoms with van der Waals surface area (Å²) in [6, 6.07) is 5.86. The van der Waals surface area contributed by atoms with Crippen LogP contribution in [0, 0.1) is 0 Å². The molecule has 0 aliphatic carbocycles. The van der Waals surface area contributed by atoms with Gasteiger partial charge in [0, 0.05) is 19.3 Å². The van der Waals surface area contributed by atoms with E-state index >= 15 is 0 Å². The first kappa shape index (κ1) is 9.52. The molecule has 1 rings (SSSR count). The van der Waals surface area contributed by atoms with E-state index in [2.05, 4.69) is 23.0 Å². The highest BCUT2D eigenvalue weighted by Gasteiger charge is 2.01. The molecule has 1 aromatic heterocycles. The molecule has 0 aliphatic rings. The summed E-state index contributed by atoms with van der Waals surface area (Å²) >= 11 is 0. The Labute approximate surface area is 79.2 Å². The zero-order valence-electron chi connectivity index (χ0n) is 7.69. The molecule has 0 N–H and O–H groups in total. The zero-order valence-corrected chi connectivity index (χ0v) is 7.69. The van der Waals surface area contributed by atoms with Crippen molar-refractivity contribution >= 4 is 5.82 Å². The van der Waals surface area contributed by atoms with Crippen molar-refractivity contribution in [3.63, 3.8) is 0 Å². The van der Waals surface area contributed by atoms with Crippen molar-refractivity contribution in [3.8, 4) is 0 Å². The second-order valence-corrected chi connectivity index (χ2v) is 2.67. The topological polar surface area (TPSA) is 16.1 Å². The molecule has 0 aliphatic heterocycles. The van der Waals surface area contributed by atoms with Crippen molar-refractivity contribution in [1.29, 1.82) is 0 Å². The Kier molecular flexibility index (Phi) is 3.76. The van der Waals surface area contributed by atoms with Crippen LogP contribution in [0.15, 0.2) is 49.7 Å². The Bertz CT molecular complexity index is 257. The summed E-state index contributed by atoms with van der Waals surface area (Å²) in [4.78, 5) is 6.34. The molecule has 0 amide bonds. The van der Waals surface area contributed by atoms with Crippen molar-refractivity contribution in [3.05, 3.63) is 49.7 Å². The molecule has 0 saturated carbocycles. The molecule has 0 unspecified atom stereocenters. The summed E-state index contributed by atoms with van der Waals surface area (Å²) in [5.74, 6) is 0.960. The molecule has 0 atom stereocenters. The van der Waals surface area contributed by atoms with Gasteiger partial charge in [-0.15, -0.1) is 13.2 Å². The largest absolute Gasteiger partial charge is 0.349 e. The molecule has 13 heavy (non-hydrogen) atoms. The van der Waals surface area contributed by atoms with Gasteiger partial charge >= 0.3 is 0 Å². The second kappa shape index (κ2) is 5.14. The van der Waals surface area contributed by atoms with Gasteiger partial charge in [0.2, 0.25) is 0 Å². The van der Waals surface area contributed by atoms with Crippen molar-refractivity contribution in [2.24, 2.45) is 0 Å². The molecule has 2 nitrogen and oxygen atoms in total. The average Bonchev–Trinajstić information content (AvgIpc) is 2.19. The third-order valence-corrected chi connectivity index (χ3v) is 1.67. The van der Waals surface area contributed by atoms with Gasteiger partial charge in [-0.25, -0.2) is 4.98 Å². The van der Waals surface area contributed by atoms with Gasteiger partial charge in [-0.1, -0.05) is 18.2 Å². The minimum Gasteiger partial charge on any atom is -0.349 e. The minimum atomic E-state index is 0.795. The smallest absolute Gasteiger partial charge is 0.129 e. The summed E-state index contributed by atoms with van der Waals surface area (Å²) < 4.78 is 0. The third-order valence-electron chi connectivity index (χ3n) is 1.67. The first-order chi connectivity index (χ1) is 6.38. The Hall–Kier alpha value is -1.57. The fourth-order valence-electron chi connectivity index (χ4n) is 1.11. The van der Waals surface area contributed by atoms with Gasteiger partial charge in [0.25, 0.3) is 0 Å². The molecule has 2 heteroatoms. The van der Waals surface area contributed by atoms with E-state index in [0.717, 1.165) is 18.9 Å². The number of rotatable bonds is 5. The molecule has 0 saturated heterocycles. The Morgan fingerprint density at radius 2 is 1.92 bits per heavy atom.